The quantitative estimate of drug-likeness (QED) is 0.658. The number of rotatable bonds is 4. The van der Waals surface area contributed by atoms with Crippen molar-refractivity contribution in [3.8, 4) is 11.8 Å². The second kappa shape index (κ2) is 7.08. The Hall–Kier alpha value is -2.40. The van der Waals surface area contributed by atoms with Crippen molar-refractivity contribution in [2.24, 2.45) is 0 Å². The molecule has 0 spiro atoms. The summed E-state index contributed by atoms with van der Waals surface area (Å²) in [5, 5.41) is 12.3. The molecule has 0 radical (unpaired) electrons. The lowest BCUT2D eigenvalue weighted by molar-refractivity contribution is -0.135. The predicted octanol–water partition coefficient (Wildman–Crippen LogP) is 2.72. The molecule has 0 saturated carbocycles. The zero-order valence-corrected chi connectivity index (χ0v) is 15.3. The predicted molar refractivity (Wildman–Crippen MR) is 97.4 cm³/mol. The van der Waals surface area contributed by atoms with Crippen LogP contribution in [0.2, 0.25) is 0 Å². The van der Waals surface area contributed by atoms with E-state index in [4.69, 9.17) is 4.28 Å². The van der Waals surface area contributed by atoms with Crippen LogP contribution in [0.1, 0.15) is 53.9 Å². The summed E-state index contributed by atoms with van der Waals surface area (Å²) in [7, 11) is -3.96. The summed E-state index contributed by atoms with van der Waals surface area (Å²) in [5.41, 5.74) is 1.43. The van der Waals surface area contributed by atoms with Crippen LogP contribution in [-0.4, -0.2) is 30.8 Å². The Morgan fingerprint density at radius 3 is 2.73 bits per heavy atom. The van der Waals surface area contributed by atoms with E-state index in [9.17, 15) is 18.3 Å². The number of hydrogen-bond acceptors (Lipinski definition) is 5. The highest BCUT2D eigenvalue weighted by Crippen LogP contribution is 2.37. The normalized spacial score (nSPS) is 16.5. The van der Waals surface area contributed by atoms with E-state index < -0.39 is 22.3 Å². The summed E-state index contributed by atoms with van der Waals surface area (Å²) in [6.07, 6.45) is 2.17. The fraction of sp³-hybridized carbons (Fsp3) is 0.316. The molecule has 2 aromatic carbocycles. The number of aliphatic hydroxyl groups excluding tert-OH is 1. The fourth-order valence-corrected chi connectivity index (χ4v) is 3.38. The van der Waals surface area contributed by atoms with E-state index in [0.29, 0.717) is 16.0 Å². The molecule has 26 heavy (non-hydrogen) atoms. The fourth-order valence-electron chi connectivity index (χ4n) is 2.94. The van der Waals surface area contributed by atoms with Crippen molar-refractivity contribution in [2.45, 2.75) is 32.4 Å². The third-order valence-electron chi connectivity index (χ3n) is 4.10. The molecule has 1 aliphatic heterocycles. The maximum Gasteiger partial charge on any atom is 0.285 e. The zero-order chi connectivity index (χ0) is 18.9. The van der Waals surface area contributed by atoms with Gasteiger partial charge in [-0.25, -0.2) is 0 Å². The first-order valence-corrected chi connectivity index (χ1v) is 10.1. The molecular weight excluding hydrogens is 354 g/mol. The van der Waals surface area contributed by atoms with Gasteiger partial charge in [-0.3, -0.25) is 4.79 Å². The summed E-state index contributed by atoms with van der Waals surface area (Å²) in [6.45, 7) is 2.10. The second-order valence-corrected chi connectivity index (χ2v) is 7.68. The van der Waals surface area contributed by atoms with Crippen molar-refractivity contribution < 1.29 is 22.6 Å². The molecule has 136 valence electrons. The van der Waals surface area contributed by atoms with Gasteiger partial charge in [0.1, 0.15) is 0 Å². The van der Waals surface area contributed by atoms with E-state index in [1.807, 2.05) is 6.07 Å². The van der Waals surface area contributed by atoms with E-state index in [-0.39, 0.29) is 5.56 Å². The van der Waals surface area contributed by atoms with Crippen LogP contribution in [0.5, 0.6) is 0 Å². The third-order valence-corrected chi connectivity index (χ3v) is 4.53. The largest absolute Gasteiger partial charge is 0.367 e. The van der Waals surface area contributed by atoms with Crippen molar-refractivity contribution in [2.75, 3.05) is 6.26 Å². The molecule has 1 aliphatic rings. The van der Waals surface area contributed by atoms with Gasteiger partial charge >= 0.3 is 0 Å². The number of unbranched alkanes of at least 4 members (excludes halogenated alkanes) is 2. The average molecular weight is 373 g/mol. The minimum absolute atomic E-state index is 0.267. The number of hydrogen-bond donors (Lipinski definition) is 1. The van der Waals surface area contributed by atoms with E-state index in [0.717, 1.165) is 36.5 Å². The number of amides is 1. The number of nitrogens with zero attached hydrogens (tertiary/aromatic N) is 1. The molecule has 1 N–H and O–H groups in total. The third kappa shape index (κ3) is 3.44. The van der Waals surface area contributed by atoms with E-state index in [2.05, 4.69) is 18.8 Å². The monoisotopic (exact) mass is 373 g/mol. The lowest BCUT2D eigenvalue weighted by Gasteiger charge is -2.31. The van der Waals surface area contributed by atoms with Crippen molar-refractivity contribution in [1.29, 1.82) is 0 Å². The highest BCUT2D eigenvalue weighted by molar-refractivity contribution is 7.85. The Kier molecular flexibility index (Phi) is 5.01. The highest BCUT2D eigenvalue weighted by atomic mass is 32.2. The summed E-state index contributed by atoms with van der Waals surface area (Å²) in [5.74, 6) is 5.53. The summed E-state index contributed by atoms with van der Waals surface area (Å²) >= 11 is 0. The molecule has 1 unspecified atom stereocenters. The summed E-state index contributed by atoms with van der Waals surface area (Å²) < 4.78 is 27.5. The van der Waals surface area contributed by atoms with Crippen LogP contribution in [-0.2, 0) is 14.4 Å². The van der Waals surface area contributed by atoms with Gasteiger partial charge in [0.15, 0.2) is 6.23 Å². The zero-order valence-electron chi connectivity index (χ0n) is 14.5. The molecule has 2 aromatic rings. The second-order valence-electron chi connectivity index (χ2n) is 6.12. The van der Waals surface area contributed by atoms with Crippen LogP contribution in [0.15, 0.2) is 30.3 Å². The molecule has 0 aromatic heterocycles. The van der Waals surface area contributed by atoms with Crippen molar-refractivity contribution >= 4 is 26.8 Å². The first-order valence-electron chi connectivity index (χ1n) is 8.29. The van der Waals surface area contributed by atoms with E-state index in [1.54, 1.807) is 24.3 Å². The van der Waals surface area contributed by atoms with E-state index in [1.165, 1.54) is 0 Å². The average Bonchev–Trinajstić information content (AvgIpc) is 2.60. The molecule has 1 amide bonds. The molecule has 1 heterocycles. The standard InChI is InChI=1S/C19H19NO5S/c1-3-4-5-6-8-13-11-12-16-17-14(13)9-7-10-15(17)18(21)20(19(16)22)25-26(2,23)24/h7,9-12,18,21H,3-5H2,1-2H3. The minimum atomic E-state index is -3.96. The molecule has 7 heteroatoms. The lowest BCUT2D eigenvalue weighted by atomic mass is 9.91. The maximum absolute atomic E-state index is 12.6. The SMILES string of the molecule is CCCCC#Cc1ccc2c3c(cccc13)C(O)N(OS(C)(=O)=O)C2=O. The molecule has 0 fully saturated rings. The van der Waals surface area contributed by atoms with Gasteiger partial charge in [-0.1, -0.05) is 43.4 Å². The van der Waals surface area contributed by atoms with Crippen LogP contribution >= 0.6 is 0 Å². The van der Waals surface area contributed by atoms with Gasteiger partial charge < -0.3 is 5.11 Å². The summed E-state index contributed by atoms with van der Waals surface area (Å²) in [4.78, 5) is 12.6. The number of carbonyl (C=O) groups is 1. The molecule has 3 rings (SSSR count). The van der Waals surface area contributed by atoms with Gasteiger partial charge in [-0.05, 0) is 23.9 Å². The van der Waals surface area contributed by atoms with Gasteiger partial charge in [0.05, 0.1) is 11.8 Å². The van der Waals surface area contributed by atoms with Crippen LogP contribution < -0.4 is 0 Å². The Balaban J connectivity index is 2.12. The molecule has 6 nitrogen and oxygen atoms in total. The van der Waals surface area contributed by atoms with E-state index >= 15 is 0 Å². The first kappa shape index (κ1) is 18.4. The van der Waals surface area contributed by atoms with Crippen LogP contribution in [0.25, 0.3) is 10.8 Å². The van der Waals surface area contributed by atoms with Gasteiger partial charge in [-0.15, -0.1) is 4.28 Å². The van der Waals surface area contributed by atoms with Gasteiger partial charge in [-0.2, -0.15) is 13.5 Å². The topological polar surface area (TPSA) is 83.9 Å². The lowest BCUT2D eigenvalue weighted by Crippen LogP contribution is -2.39. The molecule has 0 bridgehead atoms. The maximum atomic E-state index is 12.6. The number of hydroxylamine groups is 2. The minimum Gasteiger partial charge on any atom is -0.367 e. The first-order chi connectivity index (χ1) is 12.3. The van der Waals surface area contributed by atoms with Crippen LogP contribution in [0.3, 0.4) is 0 Å². The number of carbonyl (C=O) groups excluding carboxylic acids is 1. The van der Waals surface area contributed by atoms with Crippen molar-refractivity contribution in [3.63, 3.8) is 0 Å². The summed E-state index contributed by atoms with van der Waals surface area (Å²) in [6, 6.07) is 8.52. The molecule has 1 atom stereocenters. The highest BCUT2D eigenvalue weighted by Gasteiger charge is 2.36. The van der Waals surface area contributed by atoms with Gasteiger partial charge in [0.2, 0.25) is 0 Å². The number of benzene rings is 2. The van der Waals surface area contributed by atoms with Crippen LogP contribution in [0.4, 0.5) is 0 Å². The molecular formula is C19H19NO5S. The Bertz CT molecular complexity index is 1030. The van der Waals surface area contributed by atoms with Crippen molar-refractivity contribution in [3.05, 3.63) is 47.0 Å². The van der Waals surface area contributed by atoms with Gasteiger partial charge in [0, 0.05) is 22.9 Å². The Morgan fingerprint density at radius 2 is 2.04 bits per heavy atom. The smallest absolute Gasteiger partial charge is 0.285 e. The Labute approximate surface area is 152 Å². The van der Waals surface area contributed by atoms with Crippen molar-refractivity contribution in [1.82, 2.24) is 5.06 Å². The molecule has 0 aliphatic carbocycles. The Morgan fingerprint density at radius 1 is 1.27 bits per heavy atom. The van der Waals surface area contributed by atoms with Gasteiger partial charge in [0.25, 0.3) is 16.0 Å². The van der Waals surface area contributed by atoms with Crippen LogP contribution in [0, 0.1) is 11.8 Å². The number of aliphatic hydroxyl groups is 1. The molecule has 0 saturated heterocycles.